The Morgan fingerprint density at radius 1 is 1.53 bits per heavy atom. The number of nitrogens with zero attached hydrogens (tertiary/aromatic N) is 1. The third kappa shape index (κ3) is 2.52. The Morgan fingerprint density at radius 2 is 2.29 bits per heavy atom. The van der Waals surface area contributed by atoms with E-state index in [0.717, 1.165) is 10.6 Å². The van der Waals surface area contributed by atoms with Gasteiger partial charge in [-0.3, -0.25) is 9.59 Å². The van der Waals surface area contributed by atoms with Gasteiger partial charge in [0.25, 0.3) is 0 Å². The highest BCUT2D eigenvalue weighted by atomic mass is 32.2. The number of aliphatic carboxylic acids is 1. The fraction of sp³-hybridized carbons (Fsp3) is 0.273. The minimum atomic E-state index is -0.909. The van der Waals surface area contributed by atoms with Gasteiger partial charge in [-0.2, -0.15) is 0 Å². The summed E-state index contributed by atoms with van der Waals surface area (Å²) < 4.78 is 0. The summed E-state index contributed by atoms with van der Waals surface area (Å²) in [5.41, 5.74) is 7.07. The number of hydrogen-bond donors (Lipinski definition) is 2. The van der Waals surface area contributed by atoms with E-state index in [-0.39, 0.29) is 18.9 Å². The standard InChI is InChI=1S/C11H12N2O3S/c12-7-1-2-8-9(5-7)17-6-10(14)13(8)4-3-11(15)16/h1-2,5H,3-4,6,12H2,(H,15,16). The molecule has 0 bridgehead atoms. The fourth-order valence-electron chi connectivity index (χ4n) is 1.67. The van der Waals surface area contributed by atoms with Crippen LogP contribution in [0.5, 0.6) is 0 Å². The number of benzene rings is 1. The predicted molar refractivity (Wildman–Crippen MR) is 66.2 cm³/mol. The van der Waals surface area contributed by atoms with Crippen LogP contribution in [0.2, 0.25) is 0 Å². The molecule has 1 aliphatic heterocycles. The van der Waals surface area contributed by atoms with Gasteiger partial charge < -0.3 is 15.7 Å². The molecule has 1 amide bonds. The number of amides is 1. The topological polar surface area (TPSA) is 83.6 Å². The number of hydrogen-bond acceptors (Lipinski definition) is 4. The first-order chi connectivity index (χ1) is 8.08. The lowest BCUT2D eigenvalue weighted by molar-refractivity contribution is -0.136. The summed E-state index contributed by atoms with van der Waals surface area (Å²) in [7, 11) is 0. The molecule has 90 valence electrons. The normalized spacial score (nSPS) is 14.6. The molecular weight excluding hydrogens is 240 g/mol. The van der Waals surface area contributed by atoms with Crippen LogP contribution >= 0.6 is 11.8 Å². The quantitative estimate of drug-likeness (QED) is 0.789. The zero-order valence-corrected chi connectivity index (χ0v) is 9.87. The van der Waals surface area contributed by atoms with Crippen molar-refractivity contribution in [2.45, 2.75) is 11.3 Å². The Labute approximate surface area is 103 Å². The summed E-state index contributed by atoms with van der Waals surface area (Å²) in [6, 6.07) is 5.28. The number of fused-ring (bicyclic) bond motifs is 1. The van der Waals surface area contributed by atoms with Crippen LogP contribution in [-0.4, -0.2) is 29.3 Å². The van der Waals surface area contributed by atoms with Crippen LogP contribution < -0.4 is 10.6 Å². The average Bonchev–Trinajstić information content (AvgIpc) is 2.27. The average molecular weight is 252 g/mol. The fourth-order valence-corrected chi connectivity index (χ4v) is 2.65. The van der Waals surface area contributed by atoms with Gasteiger partial charge in [0.05, 0.1) is 17.9 Å². The van der Waals surface area contributed by atoms with Crippen molar-refractivity contribution in [2.24, 2.45) is 0 Å². The van der Waals surface area contributed by atoms with E-state index >= 15 is 0 Å². The highest BCUT2D eigenvalue weighted by Gasteiger charge is 2.24. The summed E-state index contributed by atoms with van der Waals surface area (Å²) in [5, 5.41) is 8.66. The van der Waals surface area contributed by atoms with E-state index in [1.54, 1.807) is 18.2 Å². The molecule has 2 rings (SSSR count). The number of carboxylic acids is 1. The number of carbonyl (C=O) groups is 2. The third-order valence-corrected chi connectivity index (χ3v) is 3.51. The van der Waals surface area contributed by atoms with Crippen LogP contribution in [0.3, 0.4) is 0 Å². The van der Waals surface area contributed by atoms with Gasteiger partial charge in [-0.15, -0.1) is 11.8 Å². The molecule has 0 aromatic heterocycles. The lowest BCUT2D eigenvalue weighted by atomic mass is 10.2. The van der Waals surface area contributed by atoms with Crippen molar-refractivity contribution in [1.29, 1.82) is 0 Å². The Hall–Kier alpha value is -1.69. The lowest BCUT2D eigenvalue weighted by Crippen LogP contribution is -2.36. The van der Waals surface area contributed by atoms with E-state index in [2.05, 4.69) is 0 Å². The lowest BCUT2D eigenvalue weighted by Gasteiger charge is -2.28. The highest BCUT2D eigenvalue weighted by Crippen LogP contribution is 2.36. The van der Waals surface area contributed by atoms with Crippen molar-refractivity contribution in [2.75, 3.05) is 22.9 Å². The van der Waals surface area contributed by atoms with Crippen LogP contribution in [0, 0.1) is 0 Å². The second-order valence-corrected chi connectivity index (χ2v) is 4.72. The number of rotatable bonds is 3. The molecule has 5 nitrogen and oxygen atoms in total. The molecule has 1 aliphatic rings. The zero-order valence-electron chi connectivity index (χ0n) is 9.05. The molecule has 1 aromatic carbocycles. The minimum absolute atomic E-state index is 0.0553. The van der Waals surface area contributed by atoms with Crippen LogP contribution in [-0.2, 0) is 9.59 Å². The van der Waals surface area contributed by atoms with Crippen LogP contribution in [0.15, 0.2) is 23.1 Å². The van der Waals surface area contributed by atoms with Gasteiger partial charge in [0, 0.05) is 17.1 Å². The molecular formula is C11H12N2O3S. The first-order valence-corrected chi connectivity index (χ1v) is 6.11. The van der Waals surface area contributed by atoms with Crippen molar-refractivity contribution < 1.29 is 14.7 Å². The molecule has 1 heterocycles. The summed E-state index contributed by atoms with van der Waals surface area (Å²) >= 11 is 1.43. The summed E-state index contributed by atoms with van der Waals surface area (Å²) in [4.78, 5) is 24.7. The van der Waals surface area contributed by atoms with Crippen LogP contribution in [0.1, 0.15) is 6.42 Å². The monoisotopic (exact) mass is 252 g/mol. The highest BCUT2D eigenvalue weighted by molar-refractivity contribution is 8.00. The molecule has 6 heteroatoms. The van der Waals surface area contributed by atoms with Gasteiger partial charge >= 0.3 is 5.97 Å². The maximum absolute atomic E-state index is 11.7. The smallest absolute Gasteiger partial charge is 0.305 e. The van der Waals surface area contributed by atoms with Gasteiger partial charge in [-0.05, 0) is 18.2 Å². The maximum Gasteiger partial charge on any atom is 0.305 e. The van der Waals surface area contributed by atoms with Crippen molar-refractivity contribution in [3.63, 3.8) is 0 Å². The Balaban J connectivity index is 2.27. The van der Waals surface area contributed by atoms with E-state index in [4.69, 9.17) is 10.8 Å². The largest absolute Gasteiger partial charge is 0.481 e. The molecule has 3 N–H and O–H groups in total. The van der Waals surface area contributed by atoms with Crippen LogP contribution in [0.25, 0.3) is 0 Å². The molecule has 0 saturated heterocycles. The Kier molecular flexibility index (Phi) is 3.23. The van der Waals surface area contributed by atoms with E-state index in [1.165, 1.54) is 16.7 Å². The van der Waals surface area contributed by atoms with Gasteiger partial charge in [0.1, 0.15) is 0 Å². The van der Waals surface area contributed by atoms with Crippen molar-refractivity contribution in [3.8, 4) is 0 Å². The molecule has 0 saturated carbocycles. The molecule has 17 heavy (non-hydrogen) atoms. The second-order valence-electron chi connectivity index (χ2n) is 3.70. The maximum atomic E-state index is 11.7. The number of nitrogens with two attached hydrogens (primary N) is 1. The Morgan fingerprint density at radius 3 is 3.00 bits per heavy atom. The van der Waals surface area contributed by atoms with Crippen molar-refractivity contribution >= 4 is 35.0 Å². The molecule has 1 aromatic rings. The number of thioether (sulfide) groups is 1. The summed E-state index contributed by atoms with van der Waals surface area (Å²) in [6.45, 7) is 0.200. The number of carbonyl (C=O) groups excluding carboxylic acids is 1. The summed E-state index contributed by atoms with van der Waals surface area (Å²) in [5.74, 6) is -0.641. The van der Waals surface area contributed by atoms with Gasteiger partial charge in [0.15, 0.2) is 0 Å². The third-order valence-electron chi connectivity index (χ3n) is 2.48. The molecule has 0 fully saturated rings. The molecule has 0 aliphatic carbocycles. The molecule has 0 radical (unpaired) electrons. The van der Waals surface area contributed by atoms with E-state index < -0.39 is 5.97 Å². The Bertz CT molecular complexity index is 476. The van der Waals surface area contributed by atoms with Gasteiger partial charge in [-0.25, -0.2) is 0 Å². The second kappa shape index (κ2) is 4.67. The van der Waals surface area contributed by atoms with Crippen molar-refractivity contribution in [3.05, 3.63) is 18.2 Å². The SMILES string of the molecule is Nc1ccc2c(c1)SCC(=O)N2CCC(=O)O. The molecule has 0 spiro atoms. The van der Waals surface area contributed by atoms with Gasteiger partial charge in [0.2, 0.25) is 5.91 Å². The first-order valence-electron chi connectivity index (χ1n) is 5.12. The molecule has 0 unspecified atom stereocenters. The van der Waals surface area contributed by atoms with Gasteiger partial charge in [-0.1, -0.05) is 0 Å². The van der Waals surface area contributed by atoms with E-state index in [1.807, 2.05) is 0 Å². The van der Waals surface area contributed by atoms with Crippen molar-refractivity contribution in [1.82, 2.24) is 0 Å². The predicted octanol–water partition coefficient (Wildman–Crippen LogP) is 1.18. The molecule has 0 atom stereocenters. The number of nitrogen functional groups attached to an aromatic ring is 1. The van der Waals surface area contributed by atoms with E-state index in [9.17, 15) is 9.59 Å². The van der Waals surface area contributed by atoms with Crippen LogP contribution in [0.4, 0.5) is 11.4 Å². The zero-order chi connectivity index (χ0) is 12.4. The summed E-state index contributed by atoms with van der Waals surface area (Å²) in [6.07, 6.45) is -0.0553. The van der Waals surface area contributed by atoms with E-state index in [0.29, 0.717) is 11.4 Å². The minimum Gasteiger partial charge on any atom is -0.481 e. The number of anilines is 2. The number of carboxylic acid groups (broad SMARTS) is 1. The first kappa shape index (κ1) is 11.8.